The van der Waals surface area contributed by atoms with E-state index in [0.29, 0.717) is 0 Å². The molecule has 0 bridgehead atoms. The zero-order valence-electron chi connectivity index (χ0n) is 7.59. The predicted molar refractivity (Wildman–Crippen MR) is 63.4 cm³/mol. The lowest BCUT2D eigenvalue weighted by Gasteiger charge is -2.06. The first-order valence-electron chi connectivity index (χ1n) is 4.17. The highest BCUT2D eigenvalue weighted by molar-refractivity contribution is 9.10. The quantitative estimate of drug-likeness (QED) is 0.825. The van der Waals surface area contributed by atoms with Crippen LogP contribution in [0.15, 0.2) is 22.9 Å². The Morgan fingerprint density at radius 3 is 3.15 bits per heavy atom. The van der Waals surface area contributed by atoms with Crippen LogP contribution in [0.5, 0.6) is 0 Å². The van der Waals surface area contributed by atoms with Crippen LogP contribution in [0.25, 0.3) is 0 Å². The first kappa shape index (κ1) is 10.9. The number of thioether (sulfide) groups is 1. The SMILES string of the molecule is CSCCCNc1ccncc1Br. The standard InChI is InChI=1S/C9H13BrN2S/c1-13-6-2-4-12-9-3-5-11-7-8(9)10/h3,5,7H,2,4,6H2,1H3,(H,11,12). The Hall–Kier alpha value is -0.220. The van der Waals surface area contributed by atoms with Crippen molar-refractivity contribution in [1.29, 1.82) is 0 Å². The molecule has 0 aliphatic carbocycles. The molecule has 72 valence electrons. The molecule has 0 atom stereocenters. The average molecular weight is 261 g/mol. The van der Waals surface area contributed by atoms with Crippen molar-refractivity contribution in [2.75, 3.05) is 23.9 Å². The second-order valence-electron chi connectivity index (χ2n) is 2.63. The number of hydrogen-bond acceptors (Lipinski definition) is 3. The van der Waals surface area contributed by atoms with Crippen LogP contribution in [0.3, 0.4) is 0 Å². The lowest BCUT2D eigenvalue weighted by molar-refractivity contribution is 0.990. The molecule has 0 saturated heterocycles. The molecular weight excluding hydrogens is 248 g/mol. The van der Waals surface area contributed by atoms with Crippen molar-refractivity contribution in [1.82, 2.24) is 4.98 Å². The molecule has 0 unspecified atom stereocenters. The molecule has 1 aromatic heterocycles. The fourth-order valence-corrected chi connectivity index (χ4v) is 1.78. The largest absolute Gasteiger partial charge is 0.384 e. The van der Waals surface area contributed by atoms with Crippen LogP contribution in [0.2, 0.25) is 0 Å². The van der Waals surface area contributed by atoms with E-state index in [1.165, 1.54) is 12.2 Å². The molecule has 4 heteroatoms. The van der Waals surface area contributed by atoms with Gasteiger partial charge in [0.05, 0.1) is 10.2 Å². The third-order valence-electron chi connectivity index (χ3n) is 1.61. The summed E-state index contributed by atoms with van der Waals surface area (Å²) in [6.07, 6.45) is 6.91. The molecule has 1 heterocycles. The summed E-state index contributed by atoms with van der Waals surface area (Å²) in [6, 6.07) is 1.98. The minimum absolute atomic E-state index is 1.02. The van der Waals surface area contributed by atoms with E-state index in [4.69, 9.17) is 0 Å². The van der Waals surface area contributed by atoms with Gasteiger partial charge in [0.1, 0.15) is 0 Å². The summed E-state index contributed by atoms with van der Waals surface area (Å²) in [4.78, 5) is 4.00. The Morgan fingerprint density at radius 2 is 2.46 bits per heavy atom. The maximum Gasteiger partial charge on any atom is 0.0590 e. The number of rotatable bonds is 5. The van der Waals surface area contributed by atoms with Crippen LogP contribution in [0.4, 0.5) is 5.69 Å². The smallest absolute Gasteiger partial charge is 0.0590 e. The van der Waals surface area contributed by atoms with Gasteiger partial charge in [-0.2, -0.15) is 11.8 Å². The van der Waals surface area contributed by atoms with Crippen molar-refractivity contribution in [3.05, 3.63) is 22.9 Å². The van der Waals surface area contributed by atoms with Crippen molar-refractivity contribution in [3.8, 4) is 0 Å². The highest BCUT2D eigenvalue weighted by Crippen LogP contribution is 2.19. The molecular formula is C9H13BrN2S. The molecule has 0 fully saturated rings. The van der Waals surface area contributed by atoms with E-state index in [1.54, 1.807) is 12.4 Å². The molecule has 0 amide bonds. The average Bonchev–Trinajstić information content (AvgIpc) is 2.15. The monoisotopic (exact) mass is 260 g/mol. The van der Waals surface area contributed by atoms with E-state index in [1.807, 2.05) is 17.8 Å². The summed E-state index contributed by atoms with van der Waals surface area (Å²) in [6.45, 7) is 1.02. The van der Waals surface area contributed by atoms with E-state index < -0.39 is 0 Å². The van der Waals surface area contributed by atoms with Crippen LogP contribution in [0.1, 0.15) is 6.42 Å². The molecule has 2 nitrogen and oxygen atoms in total. The van der Waals surface area contributed by atoms with Crippen molar-refractivity contribution in [2.24, 2.45) is 0 Å². The zero-order valence-corrected chi connectivity index (χ0v) is 9.99. The maximum absolute atomic E-state index is 4.00. The number of anilines is 1. The van der Waals surface area contributed by atoms with Gasteiger partial charge in [-0.05, 0) is 40.4 Å². The van der Waals surface area contributed by atoms with Gasteiger partial charge in [-0.3, -0.25) is 4.98 Å². The summed E-state index contributed by atoms with van der Waals surface area (Å²) in [7, 11) is 0. The molecule has 0 aromatic carbocycles. The van der Waals surface area contributed by atoms with Crippen molar-refractivity contribution in [2.45, 2.75) is 6.42 Å². The zero-order chi connectivity index (χ0) is 9.52. The Bertz CT molecular complexity index is 255. The summed E-state index contributed by atoms with van der Waals surface area (Å²) >= 11 is 5.31. The third-order valence-corrected chi connectivity index (χ3v) is 2.94. The van der Waals surface area contributed by atoms with Crippen LogP contribution < -0.4 is 5.32 Å². The van der Waals surface area contributed by atoms with Crippen molar-refractivity contribution in [3.63, 3.8) is 0 Å². The molecule has 0 saturated carbocycles. The first-order chi connectivity index (χ1) is 6.34. The lowest BCUT2D eigenvalue weighted by Crippen LogP contribution is -2.02. The molecule has 0 radical (unpaired) electrons. The van der Waals surface area contributed by atoms with Gasteiger partial charge in [0.15, 0.2) is 0 Å². The highest BCUT2D eigenvalue weighted by atomic mass is 79.9. The van der Waals surface area contributed by atoms with Gasteiger partial charge < -0.3 is 5.32 Å². The number of halogens is 1. The Labute approximate surface area is 91.7 Å². The van der Waals surface area contributed by atoms with Crippen molar-refractivity contribution >= 4 is 33.4 Å². The number of nitrogens with zero attached hydrogens (tertiary/aromatic N) is 1. The number of hydrogen-bond donors (Lipinski definition) is 1. The van der Waals surface area contributed by atoms with E-state index in [2.05, 4.69) is 32.5 Å². The van der Waals surface area contributed by atoms with Crippen LogP contribution >= 0.6 is 27.7 Å². The van der Waals surface area contributed by atoms with Crippen LogP contribution in [0, 0.1) is 0 Å². The first-order valence-corrected chi connectivity index (χ1v) is 6.35. The van der Waals surface area contributed by atoms with Gasteiger partial charge in [0.25, 0.3) is 0 Å². The van der Waals surface area contributed by atoms with E-state index in [-0.39, 0.29) is 0 Å². The number of pyridine rings is 1. The fraction of sp³-hybridized carbons (Fsp3) is 0.444. The van der Waals surface area contributed by atoms with Gasteiger partial charge in [0.2, 0.25) is 0 Å². The molecule has 1 rings (SSSR count). The molecule has 0 aliphatic heterocycles. The predicted octanol–water partition coefficient (Wildman–Crippen LogP) is 3.01. The van der Waals surface area contributed by atoms with Crippen molar-refractivity contribution < 1.29 is 0 Å². The van der Waals surface area contributed by atoms with Gasteiger partial charge in [-0.25, -0.2) is 0 Å². The molecule has 1 aromatic rings. The summed E-state index contributed by atoms with van der Waals surface area (Å²) < 4.78 is 1.03. The molecule has 0 aliphatic rings. The molecule has 13 heavy (non-hydrogen) atoms. The van der Waals surface area contributed by atoms with E-state index in [9.17, 15) is 0 Å². The number of nitrogens with one attached hydrogen (secondary N) is 1. The number of aromatic nitrogens is 1. The Kier molecular flexibility index (Phi) is 5.23. The molecule has 0 spiro atoms. The maximum atomic E-state index is 4.00. The second-order valence-corrected chi connectivity index (χ2v) is 4.47. The lowest BCUT2D eigenvalue weighted by atomic mass is 10.4. The van der Waals surface area contributed by atoms with Gasteiger partial charge in [-0.1, -0.05) is 0 Å². The molecule has 1 N–H and O–H groups in total. The normalized spacial score (nSPS) is 10.0. The van der Waals surface area contributed by atoms with Gasteiger partial charge in [0, 0.05) is 18.9 Å². The highest BCUT2D eigenvalue weighted by Gasteiger charge is 1.96. The van der Waals surface area contributed by atoms with Crippen LogP contribution in [-0.4, -0.2) is 23.5 Å². The van der Waals surface area contributed by atoms with E-state index in [0.717, 1.165) is 16.7 Å². The second kappa shape index (κ2) is 6.27. The van der Waals surface area contributed by atoms with Gasteiger partial charge >= 0.3 is 0 Å². The fourth-order valence-electron chi connectivity index (χ4n) is 0.958. The minimum atomic E-state index is 1.02. The van der Waals surface area contributed by atoms with Gasteiger partial charge in [-0.15, -0.1) is 0 Å². The third kappa shape index (κ3) is 4.00. The summed E-state index contributed by atoms with van der Waals surface area (Å²) in [5.41, 5.74) is 1.12. The van der Waals surface area contributed by atoms with Crippen LogP contribution in [-0.2, 0) is 0 Å². The summed E-state index contributed by atoms with van der Waals surface area (Å²) in [5.74, 6) is 1.20. The summed E-state index contributed by atoms with van der Waals surface area (Å²) in [5, 5.41) is 3.35. The topological polar surface area (TPSA) is 24.9 Å². The Morgan fingerprint density at radius 1 is 1.62 bits per heavy atom. The Balaban J connectivity index is 2.32. The minimum Gasteiger partial charge on any atom is -0.384 e. The van der Waals surface area contributed by atoms with E-state index >= 15 is 0 Å².